The summed E-state index contributed by atoms with van der Waals surface area (Å²) in [6.45, 7) is 0. The minimum Gasteiger partial charge on any atom is -0.456 e. The van der Waals surface area contributed by atoms with E-state index in [9.17, 15) is 0 Å². The van der Waals surface area contributed by atoms with Gasteiger partial charge >= 0.3 is 0 Å². The van der Waals surface area contributed by atoms with Gasteiger partial charge in [0.25, 0.3) is 0 Å². The second kappa shape index (κ2) is 8.55. The molecule has 190 valence electrons. The summed E-state index contributed by atoms with van der Waals surface area (Å²) >= 11 is 0. The van der Waals surface area contributed by atoms with Crippen molar-refractivity contribution in [2.75, 3.05) is 0 Å². The molecule has 1 aliphatic rings. The highest BCUT2D eigenvalue weighted by molar-refractivity contribution is 6.20. The monoisotopic (exact) mass is 525 g/mol. The molecule has 0 atom stereocenters. The molecule has 0 fully saturated rings. The van der Waals surface area contributed by atoms with Crippen LogP contribution in [0, 0.1) is 0 Å². The lowest BCUT2D eigenvalue weighted by molar-refractivity contribution is 0.487. The third-order valence-electron chi connectivity index (χ3n) is 8.32. The largest absolute Gasteiger partial charge is 0.456 e. The number of rotatable bonds is 2. The van der Waals surface area contributed by atoms with E-state index in [1.165, 1.54) is 0 Å². The molecule has 0 N–H and O–H groups in total. The maximum Gasteiger partial charge on any atom is 0.135 e. The zero-order valence-corrected chi connectivity index (χ0v) is 21.9. The normalized spacial score (nSPS) is 13.8. The van der Waals surface area contributed by atoms with Crippen LogP contribution in [0.15, 0.2) is 145 Å². The molecule has 1 heteroatoms. The molecule has 1 aliphatic heterocycles. The summed E-state index contributed by atoms with van der Waals surface area (Å²) in [4.78, 5) is 0. The smallest absolute Gasteiger partial charge is 0.135 e. The van der Waals surface area contributed by atoms with E-state index in [4.69, 9.17) is 11.6 Å². The van der Waals surface area contributed by atoms with Gasteiger partial charge in [0.05, 0.1) is 6.85 Å². The number of ether oxygens (including phenoxy) is 1. The average molecular weight is 526 g/mol. The Balaban J connectivity index is 1.29. The highest BCUT2D eigenvalue weighted by atomic mass is 16.5. The summed E-state index contributed by atoms with van der Waals surface area (Å²) in [5.41, 5.74) is 5.32. The lowest BCUT2D eigenvalue weighted by Crippen LogP contribution is -1.97. The second-order valence-electron chi connectivity index (χ2n) is 10.5. The van der Waals surface area contributed by atoms with Gasteiger partial charge in [-0.25, -0.2) is 0 Å². The molecule has 9 rings (SSSR count). The van der Waals surface area contributed by atoms with Gasteiger partial charge in [-0.15, -0.1) is 0 Å². The van der Waals surface area contributed by atoms with Crippen molar-refractivity contribution < 1.29 is 11.6 Å². The molecule has 0 saturated heterocycles. The first-order chi connectivity index (χ1) is 22.4. The van der Waals surface area contributed by atoms with E-state index in [2.05, 4.69) is 66.7 Å². The van der Waals surface area contributed by atoms with E-state index >= 15 is 0 Å². The van der Waals surface area contributed by atoms with E-state index in [1.54, 1.807) is 0 Å². The SMILES string of the molecule is [2H]c1c([2H])c([2H])c(-c2c3ccccc3cc3c2ccc2cc(-c4ccc5c6c(cccc46)-c4ccccc4O5)ccc23)c([2H])c1[2H]. The van der Waals surface area contributed by atoms with Crippen LogP contribution >= 0.6 is 0 Å². The first-order valence-corrected chi connectivity index (χ1v) is 13.7. The van der Waals surface area contributed by atoms with Gasteiger partial charge in [0.1, 0.15) is 11.5 Å². The zero-order valence-electron chi connectivity index (χ0n) is 26.9. The Morgan fingerprint density at radius 3 is 2.17 bits per heavy atom. The first kappa shape index (κ1) is 18.0. The fourth-order valence-corrected chi connectivity index (χ4v) is 6.52. The summed E-state index contributed by atoms with van der Waals surface area (Å²) in [5.74, 6) is 1.72. The van der Waals surface area contributed by atoms with E-state index in [0.29, 0.717) is 5.56 Å². The molecule has 0 spiro atoms. The molecule has 0 amide bonds. The van der Waals surface area contributed by atoms with Crippen molar-refractivity contribution in [3.8, 4) is 44.9 Å². The Bertz CT molecular complexity index is 2600. The Morgan fingerprint density at radius 1 is 0.439 bits per heavy atom. The van der Waals surface area contributed by atoms with Gasteiger partial charge in [0.15, 0.2) is 0 Å². The van der Waals surface area contributed by atoms with Crippen LogP contribution in [0.1, 0.15) is 6.85 Å². The van der Waals surface area contributed by atoms with Crippen LogP contribution in [-0.4, -0.2) is 0 Å². The molecule has 0 aromatic heterocycles. The van der Waals surface area contributed by atoms with Crippen LogP contribution in [0.2, 0.25) is 0 Å². The second-order valence-corrected chi connectivity index (χ2v) is 10.5. The zero-order chi connectivity index (χ0) is 31.3. The van der Waals surface area contributed by atoms with Crippen LogP contribution < -0.4 is 4.74 Å². The van der Waals surface area contributed by atoms with Gasteiger partial charge in [0.2, 0.25) is 0 Å². The lowest BCUT2D eigenvalue weighted by atomic mass is 9.88. The summed E-state index contributed by atoms with van der Waals surface area (Å²) < 4.78 is 48.7. The van der Waals surface area contributed by atoms with Crippen molar-refractivity contribution in [2.45, 2.75) is 0 Å². The van der Waals surface area contributed by atoms with Crippen molar-refractivity contribution in [2.24, 2.45) is 0 Å². The van der Waals surface area contributed by atoms with Gasteiger partial charge in [-0.2, -0.15) is 0 Å². The van der Waals surface area contributed by atoms with Crippen molar-refractivity contribution in [1.82, 2.24) is 0 Å². The lowest BCUT2D eigenvalue weighted by Gasteiger charge is -2.22. The van der Waals surface area contributed by atoms with E-state index < -0.39 is 6.04 Å². The number of fused-ring (bicyclic) bond motifs is 6. The molecule has 0 radical (unpaired) electrons. The van der Waals surface area contributed by atoms with Crippen molar-refractivity contribution in [3.63, 3.8) is 0 Å². The number of para-hydroxylation sites is 1. The van der Waals surface area contributed by atoms with Gasteiger partial charge in [0, 0.05) is 10.9 Å². The molecule has 1 heterocycles. The van der Waals surface area contributed by atoms with Crippen LogP contribution in [0.5, 0.6) is 11.5 Å². The highest BCUT2D eigenvalue weighted by Crippen LogP contribution is 2.49. The van der Waals surface area contributed by atoms with Crippen molar-refractivity contribution in [3.05, 3.63) is 145 Å². The topological polar surface area (TPSA) is 9.23 Å². The molecular formula is C40H24O. The highest BCUT2D eigenvalue weighted by Gasteiger charge is 2.21. The Labute approximate surface area is 244 Å². The molecule has 8 aromatic carbocycles. The molecule has 8 aromatic rings. The van der Waals surface area contributed by atoms with Crippen LogP contribution in [0.3, 0.4) is 0 Å². The fraction of sp³-hybridized carbons (Fsp3) is 0. The third-order valence-corrected chi connectivity index (χ3v) is 8.32. The molecule has 0 unspecified atom stereocenters. The van der Waals surface area contributed by atoms with Crippen molar-refractivity contribution >= 4 is 43.1 Å². The number of hydrogen-bond acceptors (Lipinski definition) is 1. The van der Waals surface area contributed by atoms with Crippen LogP contribution in [0.4, 0.5) is 0 Å². The Morgan fingerprint density at radius 2 is 1.22 bits per heavy atom. The molecule has 41 heavy (non-hydrogen) atoms. The Hall–Kier alpha value is -5.40. The van der Waals surface area contributed by atoms with E-state index in [0.717, 1.165) is 76.8 Å². The van der Waals surface area contributed by atoms with E-state index in [1.807, 2.05) is 48.5 Å². The molecule has 0 saturated carbocycles. The first-order valence-electron chi connectivity index (χ1n) is 16.2. The summed E-state index contributed by atoms with van der Waals surface area (Å²) in [7, 11) is 0. The van der Waals surface area contributed by atoms with Gasteiger partial charge in [-0.3, -0.25) is 0 Å². The minimum atomic E-state index is -0.393. The van der Waals surface area contributed by atoms with Gasteiger partial charge < -0.3 is 4.74 Å². The predicted octanol–water partition coefficient (Wildman–Crippen LogP) is 11.4. The van der Waals surface area contributed by atoms with Crippen LogP contribution in [0.25, 0.3) is 76.5 Å². The average Bonchev–Trinajstić information content (AvgIpc) is 3.09. The van der Waals surface area contributed by atoms with Gasteiger partial charge in [-0.1, -0.05) is 121 Å². The molecular weight excluding hydrogens is 496 g/mol. The fourth-order valence-electron chi connectivity index (χ4n) is 6.52. The summed E-state index contributed by atoms with van der Waals surface area (Å²) in [6, 6.07) is 37.8. The third kappa shape index (κ3) is 3.30. The minimum absolute atomic E-state index is 0.200. The molecule has 0 bridgehead atoms. The number of benzene rings is 8. The number of hydrogen-bond donors (Lipinski definition) is 0. The Kier molecular flexibility index (Phi) is 3.76. The quantitative estimate of drug-likeness (QED) is 0.161. The van der Waals surface area contributed by atoms with E-state index in [-0.39, 0.29) is 29.7 Å². The maximum absolute atomic E-state index is 8.78. The van der Waals surface area contributed by atoms with Crippen molar-refractivity contribution in [1.29, 1.82) is 0 Å². The maximum atomic E-state index is 8.78. The molecule has 1 nitrogen and oxygen atoms in total. The summed E-state index contributed by atoms with van der Waals surface area (Å²) in [5, 5.41) is 7.90. The molecule has 0 aliphatic carbocycles. The van der Waals surface area contributed by atoms with Crippen LogP contribution in [-0.2, 0) is 0 Å². The standard InChI is InChI=1S/C40H24O/c1-2-9-25(10-3-1)39-31-12-5-4-11-26(31)24-36-30-19-17-27(23-28(30)18-20-35(36)39)29-21-22-38-40-33(29)14-8-15-34(40)32-13-6-7-16-37(32)41-38/h1-24H/i1D,2D,3D,9D,10D. The summed E-state index contributed by atoms with van der Waals surface area (Å²) in [6.07, 6.45) is 0. The van der Waals surface area contributed by atoms with Gasteiger partial charge in [-0.05, 0) is 89.8 Å². The predicted molar refractivity (Wildman–Crippen MR) is 173 cm³/mol.